The summed E-state index contributed by atoms with van der Waals surface area (Å²) in [6, 6.07) is 10.5. The Hall–Kier alpha value is -1.80. The highest BCUT2D eigenvalue weighted by Crippen LogP contribution is 2.22. The molecule has 0 radical (unpaired) electrons. The van der Waals surface area contributed by atoms with Crippen LogP contribution in [0, 0.1) is 20.8 Å². The predicted octanol–water partition coefficient (Wildman–Crippen LogP) is 4.66. The Labute approximate surface area is 124 Å². The van der Waals surface area contributed by atoms with Crippen LogP contribution in [0.4, 0.5) is 0 Å². The smallest absolute Gasteiger partial charge is 0.0961 e. The molecule has 0 bridgehead atoms. The minimum atomic E-state index is 0.748. The highest BCUT2D eigenvalue weighted by atomic mass is 35.5. The second-order valence-electron chi connectivity index (χ2n) is 5.39. The number of nitrogens with zero attached hydrogens (tertiary/aromatic N) is 2. The highest BCUT2D eigenvalue weighted by Gasteiger charge is 2.07. The predicted molar refractivity (Wildman–Crippen MR) is 84.5 cm³/mol. The van der Waals surface area contributed by atoms with Crippen molar-refractivity contribution in [1.82, 2.24) is 9.55 Å². The molecular weight excluding hydrogens is 268 g/mol. The van der Waals surface area contributed by atoms with E-state index in [-0.39, 0.29) is 0 Å². The van der Waals surface area contributed by atoms with E-state index in [9.17, 15) is 0 Å². The molecule has 0 aliphatic heterocycles. The van der Waals surface area contributed by atoms with Crippen molar-refractivity contribution in [2.75, 3.05) is 0 Å². The average Bonchev–Trinajstić information content (AvgIpc) is 2.76. The first kappa shape index (κ1) is 13.2. The fourth-order valence-electron chi connectivity index (χ4n) is 2.40. The van der Waals surface area contributed by atoms with E-state index in [1.165, 1.54) is 16.7 Å². The van der Waals surface area contributed by atoms with Crippen LogP contribution in [0.2, 0.25) is 5.02 Å². The Morgan fingerprint density at radius 2 is 1.80 bits per heavy atom. The van der Waals surface area contributed by atoms with Gasteiger partial charge in [-0.1, -0.05) is 23.7 Å². The Balaban J connectivity index is 2.04. The number of rotatable bonds is 2. The van der Waals surface area contributed by atoms with E-state index >= 15 is 0 Å². The number of hydrogen-bond donors (Lipinski definition) is 0. The van der Waals surface area contributed by atoms with Gasteiger partial charge in [0.15, 0.2) is 0 Å². The molecule has 0 spiro atoms. The van der Waals surface area contributed by atoms with Crippen LogP contribution < -0.4 is 0 Å². The number of fused-ring (bicyclic) bond motifs is 1. The minimum absolute atomic E-state index is 0.748. The molecule has 0 atom stereocenters. The van der Waals surface area contributed by atoms with Gasteiger partial charge in [-0.25, -0.2) is 4.98 Å². The molecular formula is C17H17ClN2. The van der Waals surface area contributed by atoms with Gasteiger partial charge in [-0.15, -0.1) is 0 Å². The number of benzene rings is 2. The maximum absolute atomic E-state index is 6.32. The lowest BCUT2D eigenvalue weighted by Crippen LogP contribution is -1.99. The maximum Gasteiger partial charge on any atom is 0.0961 e. The molecule has 0 aliphatic carbocycles. The van der Waals surface area contributed by atoms with Crippen LogP contribution in [0.3, 0.4) is 0 Å². The minimum Gasteiger partial charge on any atom is -0.326 e. The van der Waals surface area contributed by atoms with E-state index in [2.05, 4.69) is 54.6 Å². The topological polar surface area (TPSA) is 17.8 Å². The number of aryl methyl sites for hydroxylation is 3. The summed E-state index contributed by atoms with van der Waals surface area (Å²) in [5.74, 6) is 0. The summed E-state index contributed by atoms with van der Waals surface area (Å²) in [6.07, 6.45) is 1.89. The standard InChI is InChI=1S/C17H17ClN2/c1-11-4-5-14(15(18)6-11)9-20-10-19-16-7-12(2)13(3)8-17(16)20/h4-8,10H,9H2,1-3H3. The van der Waals surface area contributed by atoms with Crippen LogP contribution in [-0.2, 0) is 6.54 Å². The van der Waals surface area contributed by atoms with E-state index in [1.807, 2.05) is 12.4 Å². The van der Waals surface area contributed by atoms with E-state index in [0.717, 1.165) is 28.2 Å². The Morgan fingerprint density at radius 3 is 2.55 bits per heavy atom. The first-order chi connectivity index (χ1) is 9.54. The average molecular weight is 285 g/mol. The zero-order valence-electron chi connectivity index (χ0n) is 11.9. The van der Waals surface area contributed by atoms with Crippen molar-refractivity contribution < 1.29 is 0 Å². The van der Waals surface area contributed by atoms with Crippen LogP contribution in [0.1, 0.15) is 22.3 Å². The number of aromatic nitrogens is 2. The molecule has 20 heavy (non-hydrogen) atoms. The van der Waals surface area contributed by atoms with Gasteiger partial charge in [-0.05, 0) is 61.2 Å². The second kappa shape index (κ2) is 4.95. The molecule has 0 amide bonds. The largest absolute Gasteiger partial charge is 0.326 e. The number of halogens is 1. The van der Waals surface area contributed by atoms with Crippen molar-refractivity contribution in [3.8, 4) is 0 Å². The zero-order chi connectivity index (χ0) is 14.3. The Bertz CT molecular complexity index is 787. The normalized spacial score (nSPS) is 11.2. The monoisotopic (exact) mass is 284 g/mol. The molecule has 0 aliphatic rings. The second-order valence-corrected chi connectivity index (χ2v) is 5.80. The van der Waals surface area contributed by atoms with Crippen molar-refractivity contribution in [1.29, 1.82) is 0 Å². The van der Waals surface area contributed by atoms with Crippen LogP contribution >= 0.6 is 11.6 Å². The summed E-state index contributed by atoms with van der Waals surface area (Å²) in [5, 5.41) is 0.815. The molecule has 2 aromatic carbocycles. The van der Waals surface area contributed by atoms with Gasteiger partial charge in [0.1, 0.15) is 0 Å². The summed E-state index contributed by atoms with van der Waals surface area (Å²) in [5.41, 5.74) is 7.06. The highest BCUT2D eigenvalue weighted by molar-refractivity contribution is 6.31. The van der Waals surface area contributed by atoms with Crippen molar-refractivity contribution in [3.63, 3.8) is 0 Å². The van der Waals surface area contributed by atoms with Crippen molar-refractivity contribution in [3.05, 3.63) is 63.9 Å². The van der Waals surface area contributed by atoms with Crippen molar-refractivity contribution in [2.24, 2.45) is 0 Å². The number of imidazole rings is 1. The molecule has 3 rings (SSSR count). The van der Waals surface area contributed by atoms with Gasteiger partial charge in [-0.3, -0.25) is 0 Å². The van der Waals surface area contributed by atoms with E-state index in [4.69, 9.17) is 11.6 Å². The molecule has 0 unspecified atom stereocenters. The first-order valence-electron chi connectivity index (χ1n) is 6.72. The molecule has 0 saturated carbocycles. The molecule has 0 N–H and O–H groups in total. The van der Waals surface area contributed by atoms with Gasteiger partial charge < -0.3 is 4.57 Å². The molecule has 3 heteroatoms. The fraction of sp³-hybridized carbons (Fsp3) is 0.235. The van der Waals surface area contributed by atoms with Gasteiger partial charge >= 0.3 is 0 Å². The molecule has 102 valence electrons. The SMILES string of the molecule is Cc1ccc(Cn2cnc3cc(C)c(C)cc32)c(Cl)c1. The van der Waals surface area contributed by atoms with Gasteiger partial charge in [0.05, 0.1) is 23.9 Å². The van der Waals surface area contributed by atoms with Crippen LogP contribution in [-0.4, -0.2) is 9.55 Å². The van der Waals surface area contributed by atoms with Crippen molar-refractivity contribution in [2.45, 2.75) is 27.3 Å². The van der Waals surface area contributed by atoms with Gasteiger partial charge in [0.2, 0.25) is 0 Å². The molecule has 1 heterocycles. The summed E-state index contributed by atoms with van der Waals surface area (Å²) in [6.45, 7) is 7.04. The molecule has 2 nitrogen and oxygen atoms in total. The third-order valence-electron chi connectivity index (χ3n) is 3.79. The summed E-state index contributed by atoms with van der Waals surface area (Å²) >= 11 is 6.32. The summed E-state index contributed by atoms with van der Waals surface area (Å²) in [4.78, 5) is 4.48. The first-order valence-corrected chi connectivity index (χ1v) is 7.09. The summed E-state index contributed by atoms with van der Waals surface area (Å²) in [7, 11) is 0. The molecule has 0 fully saturated rings. The lowest BCUT2D eigenvalue weighted by atomic mass is 10.1. The lowest BCUT2D eigenvalue weighted by Gasteiger charge is -2.08. The van der Waals surface area contributed by atoms with Crippen molar-refractivity contribution >= 4 is 22.6 Å². The van der Waals surface area contributed by atoms with Crippen LogP contribution in [0.25, 0.3) is 11.0 Å². The van der Waals surface area contributed by atoms with Gasteiger partial charge in [-0.2, -0.15) is 0 Å². The number of hydrogen-bond acceptors (Lipinski definition) is 1. The Morgan fingerprint density at radius 1 is 1.05 bits per heavy atom. The van der Waals surface area contributed by atoms with Gasteiger partial charge in [0.25, 0.3) is 0 Å². The Kier molecular flexibility index (Phi) is 3.27. The summed E-state index contributed by atoms with van der Waals surface area (Å²) < 4.78 is 2.15. The van der Waals surface area contributed by atoms with Gasteiger partial charge in [0, 0.05) is 5.02 Å². The van der Waals surface area contributed by atoms with Crippen LogP contribution in [0.5, 0.6) is 0 Å². The fourth-order valence-corrected chi connectivity index (χ4v) is 2.70. The lowest BCUT2D eigenvalue weighted by molar-refractivity contribution is 0.824. The van der Waals surface area contributed by atoms with Crippen LogP contribution in [0.15, 0.2) is 36.7 Å². The van der Waals surface area contributed by atoms with E-state index in [0.29, 0.717) is 0 Å². The third kappa shape index (κ3) is 2.32. The maximum atomic E-state index is 6.32. The third-order valence-corrected chi connectivity index (χ3v) is 4.14. The quantitative estimate of drug-likeness (QED) is 0.669. The van der Waals surface area contributed by atoms with E-state index in [1.54, 1.807) is 0 Å². The molecule has 3 aromatic rings. The van der Waals surface area contributed by atoms with E-state index < -0.39 is 0 Å². The molecule has 0 saturated heterocycles. The zero-order valence-corrected chi connectivity index (χ0v) is 12.7. The molecule has 1 aromatic heterocycles.